The highest BCUT2D eigenvalue weighted by atomic mass is 16.5. The van der Waals surface area contributed by atoms with Gasteiger partial charge in [-0.1, -0.05) is 18.2 Å². The maximum atomic E-state index is 5.12. The molecule has 0 spiro atoms. The quantitative estimate of drug-likeness (QED) is 0.718. The van der Waals surface area contributed by atoms with Gasteiger partial charge in [0.25, 0.3) is 0 Å². The summed E-state index contributed by atoms with van der Waals surface area (Å²) in [7, 11) is 3.90. The smallest absolute Gasteiger partial charge is 0.0482 e. The molecule has 2 nitrogen and oxygen atoms in total. The van der Waals surface area contributed by atoms with Gasteiger partial charge >= 0.3 is 0 Å². The van der Waals surface area contributed by atoms with Crippen LogP contribution in [0.2, 0.25) is 0 Å². The molecule has 0 unspecified atom stereocenters. The van der Waals surface area contributed by atoms with Gasteiger partial charge in [0.1, 0.15) is 0 Å². The third kappa shape index (κ3) is 1.85. The normalized spacial score (nSPS) is 11.2. The number of fused-ring (bicyclic) bond motifs is 1. The zero-order chi connectivity index (χ0) is 11.5. The minimum absolute atomic E-state index is 0.836. The molecular formula is C14H19NO. The highest BCUT2D eigenvalue weighted by Gasteiger charge is 2.10. The van der Waals surface area contributed by atoms with Gasteiger partial charge in [-0.3, -0.25) is 0 Å². The first-order chi connectivity index (χ1) is 7.75. The van der Waals surface area contributed by atoms with Crippen LogP contribution in [0.3, 0.4) is 0 Å². The number of para-hydroxylation sites is 1. The maximum Gasteiger partial charge on any atom is 0.0482 e. The summed E-state index contributed by atoms with van der Waals surface area (Å²) in [5.41, 5.74) is 4.17. The number of aromatic nitrogens is 1. The first-order valence-electron chi connectivity index (χ1n) is 5.77. The molecule has 0 aliphatic carbocycles. The molecule has 1 aromatic heterocycles. The van der Waals surface area contributed by atoms with Crippen LogP contribution in [-0.4, -0.2) is 18.3 Å². The summed E-state index contributed by atoms with van der Waals surface area (Å²) in [6.07, 6.45) is 2.19. The van der Waals surface area contributed by atoms with Crippen molar-refractivity contribution in [3.05, 3.63) is 35.5 Å². The van der Waals surface area contributed by atoms with Gasteiger partial charge in [0.15, 0.2) is 0 Å². The second-order valence-corrected chi connectivity index (χ2v) is 4.24. The minimum atomic E-state index is 0.836. The number of hydrogen-bond acceptors (Lipinski definition) is 1. The average Bonchev–Trinajstić information content (AvgIpc) is 2.55. The van der Waals surface area contributed by atoms with E-state index in [9.17, 15) is 0 Å². The predicted molar refractivity (Wildman–Crippen MR) is 67.9 cm³/mol. The Bertz CT molecular complexity index is 485. The highest BCUT2D eigenvalue weighted by Crippen LogP contribution is 2.25. The molecule has 0 aliphatic heterocycles. The number of methoxy groups -OCH3 is 1. The van der Waals surface area contributed by atoms with E-state index in [1.54, 1.807) is 7.11 Å². The Balaban J connectivity index is 2.39. The van der Waals surface area contributed by atoms with Crippen molar-refractivity contribution in [3.8, 4) is 0 Å². The second-order valence-electron chi connectivity index (χ2n) is 4.24. The fourth-order valence-electron chi connectivity index (χ4n) is 2.31. The fraction of sp³-hybridized carbons (Fsp3) is 0.429. The average molecular weight is 217 g/mol. The highest BCUT2D eigenvalue weighted by molar-refractivity contribution is 5.85. The van der Waals surface area contributed by atoms with Crippen molar-refractivity contribution in [2.24, 2.45) is 7.05 Å². The third-order valence-corrected chi connectivity index (χ3v) is 3.31. The van der Waals surface area contributed by atoms with Gasteiger partial charge in [-0.2, -0.15) is 0 Å². The summed E-state index contributed by atoms with van der Waals surface area (Å²) < 4.78 is 7.39. The number of benzene rings is 1. The molecule has 0 atom stereocenters. The summed E-state index contributed by atoms with van der Waals surface area (Å²) in [6, 6.07) is 8.61. The van der Waals surface area contributed by atoms with Crippen LogP contribution < -0.4 is 0 Å². The van der Waals surface area contributed by atoms with Crippen LogP contribution in [0.5, 0.6) is 0 Å². The Morgan fingerprint density at radius 2 is 2.00 bits per heavy atom. The van der Waals surface area contributed by atoms with Crippen molar-refractivity contribution < 1.29 is 4.74 Å². The summed E-state index contributed by atoms with van der Waals surface area (Å²) in [4.78, 5) is 0. The summed E-state index contributed by atoms with van der Waals surface area (Å²) in [6.45, 7) is 3.03. The van der Waals surface area contributed by atoms with E-state index >= 15 is 0 Å². The van der Waals surface area contributed by atoms with E-state index in [1.807, 2.05) is 0 Å². The fourth-order valence-corrected chi connectivity index (χ4v) is 2.31. The van der Waals surface area contributed by atoms with Gasteiger partial charge in [-0.15, -0.1) is 0 Å². The van der Waals surface area contributed by atoms with E-state index in [4.69, 9.17) is 4.74 Å². The van der Waals surface area contributed by atoms with E-state index < -0.39 is 0 Å². The number of ether oxygens (including phenoxy) is 1. The first-order valence-corrected chi connectivity index (χ1v) is 5.77. The van der Waals surface area contributed by atoms with Gasteiger partial charge < -0.3 is 9.30 Å². The van der Waals surface area contributed by atoms with Crippen LogP contribution in [0.25, 0.3) is 10.9 Å². The lowest BCUT2D eigenvalue weighted by molar-refractivity contribution is 0.195. The second kappa shape index (κ2) is 4.71. The molecule has 2 aromatic rings. The van der Waals surface area contributed by atoms with Crippen LogP contribution in [-0.2, 0) is 18.2 Å². The van der Waals surface area contributed by atoms with Crippen molar-refractivity contribution in [2.75, 3.05) is 13.7 Å². The molecule has 0 radical (unpaired) electrons. The monoisotopic (exact) mass is 217 g/mol. The molecule has 16 heavy (non-hydrogen) atoms. The first kappa shape index (κ1) is 11.2. The third-order valence-electron chi connectivity index (χ3n) is 3.31. The van der Waals surface area contributed by atoms with Gasteiger partial charge in [0.2, 0.25) is 0 Å². The lowest BCUT2D eigenvalue weighted by Crippen LogP contribution is -1.95. The Kier molecular flexibility index (Phi) is 3.30. The standard InChI is InChI=1S/C14H19NO/c1-11-12(8-6-10-16-3)13-7-4-5-9-14(13)15(11)2/h4-5,7,9H,6,8,10H2,1-3H3. The van der Waals surface area contributed by atoms with E-state index in [0.29, 0.717) is 0 Å². The maximum absolute atomic E-state index is 5.12. The van der Waals surface area contributed by atoms with Gasteiger partial charge in [0.05, 0.1) is 0 Å². The van der Waals surface area contributed by atoms with E-state index in [1.165, 1.54) is 22.2 Å². The molecule has 1 aromatic carbocycles. The van der Waals surface area contributed by atoms with E-state index in [0.717, 1.165) is 19.4 Å². The SMILES string of the molecule is COCCCc1c(C)n(C)c2ccccc12. The van der Waals surface area contributed by atoms with Crippen LogP contribution in [0.1, 0.15) is 17.7 Å². The van der Waals surface area contributed by atoms with Crippen molar-refractivity contribution >= 4 is 10.9 Å². The number of nitrogens with zero attached hydrogens (tertiary/aromatic N) is 1. The molecule has 0 aliphatic rings. The topological polar surface area (TPSA) is 14.2 Å². The van der Waals surface area contributed by atoms with Gasteiger partial charge in [0, 0.05) is 37.4 Å². The molecule has 0 saturated carbocycles. The van der Waals surface area contributed by atoms with Crippen molar-refractivity contribution in [3.63, 3.8) is 0 Å². The molecule has 1 heterocycles. The molecule has 0 bridgehead atoms. The van der Waals surface area contributed by atoms with Crippen molar-refractivity contribution in [1.82, 2.24) is 4.57 Å². The van der Waals surface area contributed by atoms with Crippen LogP contribution in [0.4, 0.5) is 0 Å². The van der Waals surface area contributed by atoms with Crippen molar-refractivity contribution in [2.45, 2.75) is 19.8 Å². The lowest BCUT2D eigenvalue weighted by atomic mass is 10.1. The van der Waals surface area contributed by atoms with Crippen LogP contribution in [0, 0.1) is 6.92 Å². The zero-order valence-electron chi connectivity index (χ0n) is 10.3. The molecule has 0 N–H and O–H groups in total. The Morgan fingerprint density at radius 1 is 1.25 bits per heavy atom. The Hall–Kier alpha value is -1.28. The molecular weight excluding hydrogens is 198 g/mol. The van der Waals surface area contributed by atoms with Crippen molar-refractivity contribution in [1.29, 1.82) is 0 Å². The van der Waals surface area contributed by atoms with Gasteiger partial charge in [-0.05, 0) is 31.4 Å². The lowest BCUT2D eigenvalue weighted by Gasteiger charge is -2.02. The molecule has 2 heteroatoms. The van der Waals surface area contributed by atoms with E-state index in [2.05, 4.69) is 42.8 Å². The van der Waals surface area contributed by atoms with Crippen LogP contribution >= 0.6 is 0 Å². The molecule has 86 valence electrons. The Morgan fingerprint density at radius 3 is 2.75 bits per heavy atom. The predicted octanol–water partition coefficient (Wildman–Crippen LogP) is 3.07. The summed E-state index contributed by atoms with van der Waals surface area (Å²) >= 11 is 0. The minimum Gasteiger partial charge on any atom is -0.385 e. The number of rotatable bonds is 4. The molecule has 0 saturated heterocycles. The largest absolute Gasteiger partial charge is 0.385 e. The molecule has 0 fully saturated rings. The van der Waals surface area contributed by atoms with E-state index in [-0.39, 0.29) is 0 Å². The molecule has 0 amide bonds. The number of hydrogen-bond donors (Lipinski definition) is 0. The summed E-state index contributed by atoms with van der Waals surface area (Å²) in [5.74, 6) is 0. The molecule has 2 rings (SSSR count). The van der Waals surface area contributed by atoms with Crippen LogP contribution in [0.15, 0.2) is 24.3 Å². The summed E-state index contributed by atoms with van der Waals surface area (Å²) in [5, 5.41) is 1.39. The number of aryl methyl sites for hydroxylation is 2. The zero-order valence-corrected chi connectivity index (χ0v) is 10.3. The van der Waals surface area contributed by atoms with Gasteiger partial charge in [-0.25, -0.2) is 0 Å². The Labute approximate surface area is 96.8 Å².